The molecule has 0 aliphatic carbocycles. The lowest BCUT2D eigenvalue weighted by atomic mass is 9.98. The van der Waals surface area contributed by atoms with Crippen LogP contribution in [0, 0.1) is 12.8 Å². The van der Waals surface area contributed by atoms with Crippen LogP contribution in [0.1, 0.15) is 55.5 Å². The maximum absolute atomic E-state index is 14.2. The van der Waals surface area contributed by atoms with Crippen molar-refractivity contribution in [3.8, 4) is 0 Å². The van der Waals surface area contributed by atoms with Crippen LogP contribution >= 0.6 is 0 Å². The van der Waals surface area contributed by atoms with Gasteiger partial charge in [0.2, 0.25) is 0 Å². The lowest BCUT2D eigenvalue weighted by Gasteiger charge is -2.29. The third-order valence-corrected chi connectivity index (χ3v) is 4.87. The third kappa shape index (κ3) is 4.25. The van der Waals surface area contributed by atoms with Gasteiger partial charge in [0.25, 0.3) is 5.91 Å². The second-order valence-corrected chi connectivity index (χ2v) is 7.14. The molecule has 4 nitrogen and oxygen atoms in total. The van der Waals surface area contributed by atoms with E-state index in [0.717, 1.165) is 0 Å². The highest BCUT2D eigenvalue weighted by Gasteiger charge is 2.41. The first-order chi connectivity index (χ1) is 12.5. The monoisotopic (exact) mass is 387 g/mol. The summed E-state index contributed by atoms with van der Waals surface area (Å²) in [5.74, 6) is -1.04. The standard InChI is InChI=1S/C19H25F4N3O/c1-6-13(10-14(20)11(2)3)25(5)18(27)16-17(19(21,22)23)24-15-9-7-8-12(4)26(15)16/h7-9,11,13-14H,6,10H2,1-5H3. The van der Waals surface area contributed by atoms with Gasteiger partial charge in [0.1, 0.15) is 17.5 Å². The molecular weight excluding hydrogens is 362 g/mol. The molecular formula is C19H25F4N3O. The van der Waals surface area contributed by atoms with Gasteiger partial charge in [0, 0.05) is 18.8 Å². The number of hydrogen-bond acceptors (Lipinski definition) is 2. The fraction of sp³-hybridized carbons (Fsp3) is 0.579. The molecule has 0 saturated carbocycles. The zero-order chi connectivity index (χ0) is 20.5. The van der Waals surface area contributed by atoms with Crippen LogP contribution in [0.3, 0.4) is 0 Å². The molecule has 0 aliphatic rings. The topological polar surface area (TPSA) is 37.6 Å². The predicted octanol–water partition coefficient (Wildman–Crippen LogP) is 4.90. The van der Waals surface area contributed by atoms with E-state index in [0.29, 0.717) is 12.1 Å². The molecule has 27 heavy (non-hydrogen) atoms. The summed E-state index contributed by atoms with van der Waals surface area (Å²) in [5.41, 5.74) is -1.23. The largest absolute Gasteiger partial charge is 0.435 e. The van der Waals surface area contributed by atoms with Crippen molar-refractivity contribution < 1.29 is 22.4 Å². The number of halogens is 4. The molecule has 1 amide bonds. The van der Waals surface area contributed by atoms with E-state index in [1.165, 1.54) is 22.4 Å². The van der Waals surface area contributed by atoms with Gasteiger partial charge in [-0.1, -0.05) is 26.8 Å². The van der Waals surface area contributed by atoms with E-state index < -0.39 is 35.7 Å². The van der Waals surface area contributed by atoms with Crippen molar-refractivity contribution in [2.45, 2.75) is 58.9 Å². The van der Waals surface area contributed by atoms with Gasteiger partial charge in [0.05, 0.1) is 0 Å². The Morgan fingerprint density at radius 1 is 1.30 bits per heavy atom. The minimum Gasteiger partial charge on any atom is -0.337 e. The second kappa shape index (κ2) is 7.86. The molecule has 8 heteroatoms. The summed E-state index contributed by atoms with van der Waals surface area (Å²) in [5, 5.41) is 0. The number of aromatic nitrogens is 2. The van der Waals surface area contributed by atoms with Gasteiger partial charge in [-0.25, -0.2) is 9.37 Å². The van der Waals surface area contributed by atoms with E-state index in [-0.39, 0.29) is 18.0 Å². The smallest absolute Gasteiger partial charge is 0.337 e. The molecule has 2 heterocycles. The molecule has 0 radical (unpaired) electrons. The Labute approximate surface area is 156 Å². The fourth-order valence-corrected chi connectivity index (χ4v) is 3.11. The van der Waals surface area contributed by atoms with Crippen LogP contribution in [0.5, 0.6) is 0 Å². The Balaban J connectivity index is 2.52. The van der Waals surface area contributed by atoms with Crippen molar-refractivity contribution in [1.82, 2.24) is 14.3 Å². The van der Waals surface area contributed by atoms with Crippen molar-refractivity contribution >= 4 is 11.6 Å². The molecule has 2 unspecified atom stereocenters. The highest BCUT2D eigenvalue weighted by atomic mass is 19.4. The summed E-state index contributed by atoms with van der Waals surface area (Å²) in [6.45, 7) is 6.86. The number of amides is 1. The molecule has 2 aromatic heterocycles. The van der Waals surface area contributed by atoms with Crippen LogP contribution in [0.2, 0.25) is 0 Å². The molecule has 150 valence electrons. The van der Waals surface area contributed by atoms with Gasteiger partial charge in [-0.15, -0.1) is 0 Å². The second-order valence-electron chi connectivity index (χ2n) is 7.14. The molecule has 2 rings (SSSR count). The maximum Gasteiger partial charge on any atom is 0.435 e. The number of alkyl halides is 4. The SMILES string of the molecule is CCC(CC(F)C(C)C)N(C)C(=O)c1c(C(F)(F)F)nc2cccc(C)n12. The van der Waals surface area contributed by atoms with Gasteiger partial charge >= 0.3 is 6.18 Å². The number of carbonyl (C=O) groups is 1. The zero-order valence-electron chi connectivity index (χ0n) is 16.1. The van der Waals surface area contributed by atoms with Crippen LogP contribution in [-0.2, 0) is 6.18 Å². The van der Waals surface area contributed by atoms with E-state index >= 15 is 0 Å². The molecule has 0 aromatic carbocycles. The Morgan fingerprint density at radius 2 is 1.93 bits per heavy atom. The first kappa shape index (κ1) is 21.2. The first-order valence-electron chi connectivity index (χ1n) is 8.95. The summed E-state index contributed by atoms with van der Waals surface area (Å²) >= 11 is 0. The van der Waals surface area contributed by atoms with Crippen LogP contribution in [0.25, 0.3) is 5.65 Å². The van der Waals surface area contributed by atoms with Crippen LogP contribution in [0.4, 0.5) is 17.6 Å². The minimum absolute atomic E-state index is 0.0534. The highest BCUT2D eigenvalue weighted by Crippen LogP contribution is 2.33. The Hall–Kier alpha value is -2.12. The van der Waals surface area contributed by atoms with E-state index in [1.807, 2.05) is 0 Å². The highest BCUT2D eigenvalue weighted by molar-refractivity contribution is 5.95. The van der Waals surface area contributed by atoms with Crippen molar-refractivity contribution in [3.63, 3.8) is 0 Å². The number of nitrogens with zero attached hydrogens (tertiary/aromatic N) is 3. The van der Waals surface area contributed by atoms with Crippen molar-refractivity contribution in [2.24, 2.45) is 5.92 Å². The molecule has 0 bridgehead atoms. The van der Waals surface area contributed by atoms with E-state index in [2.05, 4.69) is 4.98 Å². The number of pyridine rings is 1. The fourth-order valence-electron chi connectivity index (χ4n) is 3.11. The van der Waals surface area contributed by atoms with Gasteiger partial charge in [-0.05, 0) is 37.8 Å². The van der Waals surface area contributed by atoms with Crippen molar-refractivity contribution in [3.05, 3.63) is 35.3 Å². The number of fused-ring (bicyclic) bond motifs is 1. The van der Waals surface area contributed by atoms with Crippen LogP contribution in [-0.4, -0.2) is 39.5 Å². The first-order valence-corrected chi connectivity index (χ1v) is 8.95. The van der Waals surface area contributed by atoms with E-state index in [4.69, 9.17) is 0 Å². The summed E-state index contributed by atoms with van der Waals surface area (Å²) in [4.78, 5) is 17.9. The number of aryl methyl sites for hydroxylation is 1. The molecule has 0 fully saturated rings. The van der Waals surface area contributed by atoms with Crippen LogP contribution < -0.4 is 0 Å². The average molecular weight is 387 g/mol. The quantitative estimate of drug-likeness (QED) is 0.662. The number of rotatable bonds is 6. The number of imidazole rings is 1. The van der Waals surface area contributed by atoms with Crippen molar-refractivity contribution in [2.75, 3.05) is 7.05 Å². The average Bonchev–Trinajstić information content (AvgIpc) is 2.99. The van der Waals surface area contributed by atoms with Gasteiger partial charge in [0.15, 0.2) is 5.69 Å². The molecule has 2 atom stereocenters. The lowest BCUT2D eigenvalue weighted by Crippen LogP contribution is -2.40. The third-order valence-electron chi connectivity index (χ3n) is 4.87. The number of carbonyl (C=O) groups excluding carboxylic acids is 1. The minimum atomic E-state index is -4.77. The predicted molar refractivity (Wildman–Crippen MR) is 95.5 cm³/mol. The number of hydrogen-bond donors (Lipinski definition) is 0. The van der Waals surface area contributed by atoms with Gasteiger partial charge in [-0.3, -0.25) is 9.20 Å². The summed E-state index contributed by atoms with van der Waals surface area (Å²) in [6.07, 6.45) is -5.40. The normalized spacial score (nSPS) is 14.6. The van der Waals surface area contributed by atoms with Crippen LogP contribution in [0.15, 0.2) is 18.2 Å². The molecule has 0 spiro atoms. The zero-order valence-corrected chi connectivity index (χ0v) is 16.1. The summed E-state index contributed by atoms with van der Waals surface area (Å²) < 4.78 is 56.0. The maximum atomic E-state index is 14.2. The van der Waals surface area contributed by atoms with Crippen molar-refractivity contribution in [1.29, 1.82) is 0 Å². The lowest BCUT2D eigenvalue weighted by molar-refractivity contribution is -0.141. The Kier molecular flexibility index (Phi) is 6.17. The molecule has 2 aromatic rings. The Bertz CT molecular complexity index is 813. The molecule has 0 aliphatic heterocycles. The Morgan fingerprint density at radius 3 is 2.44 bits per heavy atom. The van der Waals surface area contributed by atoms with Gasteiger partial charge in [-0.2, -0.15) is 13.2 Å². The summed E-state index contributed by atoms with van der Waals surface area (Å²) in [7, 11) is 1.42. The van der Waals surface area contributed by atoms with E-state index in [1.54, 1.807) is 39.8 Å². The van der Waals surface area contributed by atoms with E-state index in [9.17, 15) is 22.4 Å². The van der Waals surface area contributed by atoms with Gasteiger partial charge < -0.3 is 4.90 Å². The molecule has 0 N–H and O–H groups in total. The molecule has 0 saturated heterocycles. The summed E-state index contributed by atoms with van der Waals surface area (Å²) in [6, 6.07) is 4.11.